The Hall–Kier alpha value is -2.62. The first-order chi connectivity index (χ1) is 8.93. The van der Waals surface area contributed by atoms with E-state index in [0.717, 1.165) is 27.8 Å². The number of hydrogen-bond acceptors (Lipinski definition) is 2. The van der Waals surface area contributed by atoms with Crippen molar-refractivity contribution in [1.82, 2.24) is 19.9 Å². The third-order valence-corrected chi connectivity index (χ3v) is 3.20. The molecule has 4 nitrogen and oxygen atoms in total. The van der Waals surface area contributed by atoms with Gasteiger partial charge < -0.3 is 9.97 Å². The van der Waals surface area contributed by atoms with Gasteiger partial charge in [0.2, 0.25) is 0 Å². The fourth-order valence-corrected chi connectivity index (χ4v) is 2.35. The molecule has 3 heterocycles. The average Bonchev–Trinajstić information content (AvgIpc) is 3.05. The van der Waals surface area contributed by atoms with Crippen molar-refractivity contribution in [1.29, 1.82) is 0 Å². The standard InChI is InChI=1S/C14H10N4/c1-2-4-12-9(3-1)11(7-16-12)13-10-5-6-15-14(10)18-8-17-13/h1-8,16H,(H,15,17,18). The maximum Gasteiger partial charge on any atom is 0.141 e. The monoisotopic (exact) mass is 234 g/mol. The molecule has 0 aliphatic carbocycles. The van der Waals surface area contributed by atoms with Crippen LogP contribution < -0.4 is 0 Å². The van der Waals surface area contributed by atoms with Gasteiger partial charge in [0.05, 0.1) is 5.69 Å². The second-order valence-corrected chi connectivity index (χ2v) is 4.21. The van der Waals surface area contributed by atoms with E-state index in [1.807, 2.05) is 30.6 Å². The second kappa shape index (κ2) is 3.43. The number of para-hydroxylation sites is 1. The molecule has 0 spiro atoms. The molecule has 4 aromatic rings. The largest absolute Gasteiger partial charge is 0.360 e. The summed E-state index contributed by atoms with van der Waals surface area (Å²) < 4.78 is 0. The highest BCUT2D eigenvalue weighted by Crippen LogP contribution is 2.30. The van der Waals surface area contributed by atoms with Crippen molar-refractivity contribution in [2.75, 3.05) is 0 Å². The van der Waals surface area contributed by atoms with E-state index in [4.69, 9.17) is 0 Å². The van der Waals surface area contributed by atoms with Crippen molar-refractivity contribution < 1.29 is 0 Å². The maximum atomic E-state index is 4.42. The Balaban J connectivity index is 2.10. The van der Waals surface area contributed by atoms with Crippen LogP contribution in [0.15, 0.2) is 49.1 Å². The van der Waals surface area contributed by atoms with E-state index < -0.39 is 0 Å². The smallest absolute Gasteiger partial charge is 0.141 e. The topological polar surface area (TPSA) is 57.4 Å². The number of H-pyrrole nitrogens is 2. The minimum absolute atomic E-state index is 0.866. The summed E-state index contributed by atoms with van der Waals surface area (Å²) in [5.74, 6) is 0. The van der Waals surface area contributed by atoms with Crippen molar-refractivity contribution in [3.63, 3.8) is 0 Å². The number of aromatic amines is 2. The lowest BCUT2D eigenvalue weighted by Gasteiger charge is -2.00. The van der Waals surface area contributed by atoms with Crippen LogP contribution in [0.2, 0.25) is 0 Å². The molecule has 0 unspecified atom stereocenters. The van der Waals surface area contributed by atoms with Gasteiger partial charge in [0.25, 0.3) is 0 Å². The van der Waals surface area contributed by atoms with E-state index in [-0.39, 0.29) is 0 Å². The Morgan fingerprint density at radius 2 is 1.83 bits per heavy atom. The Kier molecular flexibility index (Phi) is 1.80. The summed E-state index contributed by atoms with van der Waals surface area (Å²) >= 11 is 0. The highest BCUT2D eigenvalue weighted by Gasteiger charge is 2.11. The molecule has 0 bridgehead atoms. The molecule has 0 aliphatic heterocycles. The first-order valence-corrected chi connectivity index (χ1v) is 5.78. The Morgan fingerprint density at radius 1 is 0.889 bits per heavy atom. The predicted octanol–water partition coefficient (Wildman–Crippen LogP) is 3.11. The van der Waals surface area contributed by atoms with Gasteiger partial charge in [-0.25, -0.2) is 9.97 Å². The van der Waals surface area contributed by atoms with Crippen LogP contribution in [0.1, 0.15) is 0 Å². The minimum atomic E-state index is 0.866. The van der Waals surface area contributed by atoms with Gasteiger partial charge in [0.15, 0.2) is 0 Å². The molecular formula is C14H10N4. The molecule has 4 rings (SSSR count). The SMILES string of the molecule is c1ccc2c(-c3ncnc4[nH]ccc34)c[nH]c2c1. The van der Waals surface area contributed by atoms with Crippen LogP contribution in [-0.2, 0) is 0 Å². The van der Waals surface area contributed by atoms with Crippen molar-refractivity contribution in [2.45, 2.75) is 0 Å². The number of nitrogens with one attached hydrogen (secondary N) is 2. The third kappa shape index (κ3) is 1.20. The Labute approximate surface area is 103 Å². The highest BCUT2D eigenvalue weighted by molar-refractivity contribution is 6.01. The van der Waals surface area contributed by atoms with Gasteiger partial charge in [-0.05, 0) is 12.1 Å². The molecule has 18 heavy (non-hydrogen) atoms. The van der Waals surface area contributed by atoms with Gasteiger partial charge in [-0.3, -0.25) is 0 Å². The zero-order valence-corrected chi connectivity index (χ0v) is 9.51. The minimum Gasteiger partial charge on any atom is -0.360 e. The fraction of sp³-hybridized carbons (Fsp3) is 0. The van der Waals surface area contributed by atoms with Gasteiger partial charge in [0.1, 0.15) is 12.0 Å². The van der Waals surface area contributed by atoms with E-state index in [9.17, 15) is 0 Å². The summed E-state index contributed by atoms with van der Waals surface area (Å²) in [6.45, 7) is 0. The van der Waals surface area contributed by atoms with Crippen LogP contribution in [-0.4, -0.2) is 19.9 Å². The third-order valence-electron chi connectivity index (χ3n) is 3.20. The molecule has 0 atom stereocenters. The Bertz CT molecular complexity index is 841. The summed E-state index contributed by atoms with van der Waals surface area (Å²) in [5, 5.41) is 2.22. The molecule has 0 amide bonds. The average molecular weight is 234 g/mol. The van der Waals surface area contributed by atoms with Crippen molar-refractivity contribution in [3.8, 4) is 11.3 Å². The molecule has 0 fully saturated rings. The number of fused-ring (bicyclic) bond motifs is 2. The van der Waals surface area contributed by atoms with Gasteiger partial charge in [0, 0.05) is 34.2 Å². The molecule has 1 aromatic carbocycles. The molecular weight excluding hydrogens is 224 g/mol. The van der Waals surface area contributed by atoms with Crippen LogP contribution in [0.25, 0.3) is 33.2 Å². The van der Waals surface area contributed by atoms with Crippen LogP contribution in [0.5, 0.6) is 0 Å². The molecule has 0 radical (unpaired) electrons. The van der Waals surface area contributed by atoms with Gasteiger partial charge in [-0.2, -0.15) is 0 Å². The predicted molar refractivity (Wildman–Crippen MR) is 71.2 cm³/mol. The normalized spacial score (nSPS) is 11.3. The number of nitrogens with zero attached hydrogens (tertiary/aromatic N) is 2. The maximum absolute atomic E-state index is 4.42. The van der Waals surface area contributed by atoms with Crippen LogP contribution in [0.4, 0.5) is 0 Å². The van der Waals surface area contributed by atoms with Gasteiger partial charge in [-0.1, -0.05) is 18.2 Å². The Morgan fingerprint density at radius 3 is 2.83 bits per heavy atom. The lowest BCUT2D eigenvalue weighted by molar-refractivity contribution is 1.20. The van der Waals surface area contributed by atoms with Crippen molar-refractivity contribution in [3.05, 3.63) is 49.1 Å². The highest BCUT2D eigenvalue weighted by atomic mass is 14.9. The van der Waals surface area contributed by atoms with Crippen LogP contribution in [0.3, 0.4) is 0 Å². The van der Waals surface area contributed by atoms with Crippen LogP contribution >= 0.6 is 0 Å². The number of benzene rings is 1. The second-order valence-electron chi connectivity index (χ2n) is 4.21. The van der Waals surface area contributed by atoms with E-state index in [1.54, 1.807) is 6.33 Å². The van der Waals surface area contributed by atoms with E-state index in [1.165, 1.54) is 5.39 Å². The molecule has 0 saturated carbocycles. The molecule has 3 aromatic heterocycles. The van der Waals surface area contributed by atoms with Crippen molar-refractivity contribution in [2.24, 2.45) is 0 Å². The van der Waals surface area contributed by atoms with E-state index in [2.05, 4.69) is 32.1 Å². The summed E-state index contributed by atoms with van der Waals surface area (Å²) in [4.78, 5) is 15.0. The summed E-state index contributed by atoms with van der Waals surface area (Å²) in [6, 6.07) is 10.2. The molecule has 2 N–H and O–H groups in total. The van der Waals surface area contributed by atoms with E-state index in [0.29, 0.717) is 0 Å². The molecule has 0 aliphatic rings. The molecule has 0 saturated heterocycles. The number of hydrogen-bond donors (Lipinski definition) is 2. The number of rotatable bonds is 1. The van der Waals surface area contributed by atoms with Gasteiger partial charge >= 0.3 is 0 Å². The quantitative estimate of drug-likeness (QED) is 0.531. The number of aromatic nitrogens is 4. The molecule has 4 heteroatoms. The lowest BCUT2D eigenvalue weighted by Crippen LogP contribution is -1.85. The molecule has 86 valence electrons. The van der Waals surface area contributed by atoms with Crippen molar-refractivity contribution >= 4 is 21.9 Å². The summed E-state index contributed by atoms with van der Waals surface area (Å²) in [5.41, 5.74) is 4.05. The summed E-state index contributed by atoms with van der Waals surface area (Å²) in [7, 11) is 0. The zero-order chi connectivity index (χ0) is 11.9. The summed E-state index contributed by atoms with van der Waals surface area (Å²) in [6.07, 6.45) is 5.48. The van der Waals surface area contributed by atoms with Gasteiger partial charge in [-0.15, -0.1) is 0 Å². The zero-order valence-electron chi connectivity index (χ0n) is 9.51. The lowest BCUT2D eigenvalue weighted by atomic mass is 10.1. The fourth-order valence-electron chi connectivity index (χ4n) is 2.35. The van der Waals surface area contributed by atoms with Crippen LogP contribution in [0, 0.1) is 0 Å². The first-order valence-electron chi connectivity index (χ1n) is 5.78. The first kappa shape index (κ1) is 9.41. The van der Waals surface area contributed by atoms with E-state index >= 15 is 0 Å².